The number of hydrogen-bond donors (Lipinski definition) is 1. The highest BCUT2D eigenvalue weighted by molar-refractivity contribution is 5.81. The van der Waals surface area contributed by atoms with Crippen LogP contribution >= 0.6 is 0 Å². The van der Waals surface area contributed by atoms with E-state index in [4.69, 9.17) is 4.98 Å². The molecule has 1 N–H and O–H groups in total. The smallest absolute Gasteiger partial charge is 0.326 e. The first-order valence-electron chi connectivity index (χ1n) is 14.7. The number of aromatic nitrogens is 2. The van der Waals surface area contributed by atoms with Gasteiger partial charge >= 0.3 is 5.97 Å². The number of hydrogen-bond acceptors (Lipinski definition) is 5. The minimum Gasteiger partial charge on any atom is -0.480 e. The van der Waals surface area contributed by atoms with Crippen molar-refractivity contribution in [1.29, 1.82) is 0 Å². The van der Waals surface area contributed by atoms with Crippen molar-refractivity contribution in [3.8, 4) is 0 Å². The average Bonchev–Trinajstić information content (AvgIpc) is 2.82. The van der Waals surface area contributed by atoms with Gasteiger partial charge in [0, 0.05) is 30.7 Å². The van der Waals surface area contributed by atoms with Crippen molar-refractivity contribution in [1.82, 2.24) is 14.5 Å². The zero-order chi connectivity index (χ0) is 25.3. The van der Waals surface area contributed by atoms with Crippen LogP contribution in [0.15, 0.2) is 29.1 Å². The second kappa shape index (κ2) is 9.11. The molecular formula is C30H40N4O3. The van der Waals surface area contributed by atoms with Crippen LogP contribution in [0, 0.1) is 17.8 Å². The molecule has 1 aromatic carbocycles. The molecule has 7 heteroatoms. The maximum absolute atomic E-state index is 14.0. The van der Waals surface area contributed by atoms with Crippen molar-refractivity contribution in [2.75, 3.05) is 11.4 Å². The summed E-state index contributed by atoms with van der Waals surface area (Å²) >= 11 is 0. The maximum Gasteiger partial charge on any atom is 0.326 e. The number of piperidine rings is 2. The fraction of sp³-hybridized carbons (Fsp3) is 0.700. The second-order valence-electron chi connectivity index (χ2n) is 12.9. The molecule has 1 aromatic heterocycles. The molecule has 5 fully saturated rings. The summed E-state index contributed by atoms with van der Waals surface area (Å²) in [5.74, 6) is 2.14. The highest BCUT2D eigenvalue weighted by atomic mass is 16.4. The third kappa shape index (κ3) is 4.00. The first-order chi connectivity index (χ1) is 18.0. The number of carboxylic acids is 1. The predicted molar refractivity (Wildman–Crippen MR) is 144 cm³/mol. The summed E-state index contributed by atoms with van der Waals surface area (Å²) < 4.78 is 2.01. The highest BCUT2D eigenvalue weighted by Crippen LogP contribution is 2.48. The predicted octanol–water partition coefficient (Wildman–Crippen LogP) is 4.83. The van der Waals surface area contributed by atoms with Crippen LogP contribution < -0.4 is 10.5 Å². The SMILES string of the molecule is C[C@@H]1C[C@@H]2C[C@H](C1)C[C@@H](N1[C@@H]3CCC[C@H]1C[C@@H](n1c(=O)c(N4CC[C@H]4C(=O)O)nc4ccccc41)C3)C2. The molecule has 7 rings (SSSR count). The van der Waals surface area contributed by atoms with Crippen molar-refractivity contribution < 1.29 is 9.90 Å². The Morgan fingerprint density at radius 3 is 2.24 bits per heavy atom. The molecule has 2 aliphatic carbocycles. The zero-order valence-electron chi connectivity index (χ0n) is 22.0. The number of carbonyl (C=O) groups is 1. The van der Waals surface area contributed by atoms with Crippen LogP contribution in [0.5, 0.6) is 0 Å². The van der Waals surface area contributed by atoms with Crippen LogP contribution in [0.3, 0.4) is 0 Å². The standard InChI is InChI=1S/C30H40N4O3/c1-18-11-19-13-20(12-18)15-23(14-19)33-21-5-4-6-22(33)17-24(16-21)34-26-8-3-2-7-25(26)31-28(29(34)35)32-10-9-27(32)30(36)37/h2-3,7-8,18-24,27H,4-6,9-17H2,1H3,(H,36,37)/t18-,19-,20+,21-,22+,23+,24+,27-/m0/s1. The number of anilines is 1. The van der Waals surface area contributed by atoms with E-state index in [-0.39, 0.29) is 11.6 Å². The fourth-order valence-corrected chi connectivity index (χ4v) is 9.18. The number of para-hydroxylation sites is 2. The van der Waals surface area contributed by atoms with E-state index in [1.165, 1.54) is 51.4 Å². The minimum absolute atomic E-state index is 0.109. The minimum atomic E-state index is -0.873. The molecule has 4 bridgehead atoms. The number of rotatable bonds is 4. The van der Waals surface area contributed by atoms with Gasteiger partial charge in [-0.05, 0) is 94.1 Å². The van der Waals surface area contributed by atoms with E-state index in [0.717, 1.165) is 41.6 Å². The van der Waals surface area contributed by atoms with Gasteiger partial charge in [-0.15, -0.1) is 0 Å². The summed E-state index contributed by atoms with van der Waals surface area (Å²) in [7, 11) is 0. The molecule has 198 valence electrons. The zero-order valence-corrected chi connectivity index (χ0v) is 22.0. The summed E-state index contributed by atoms with van der Waals surface area (Å²) in [6.45, 7) is 3.02. The van der Waals surface area contributed by atoms with Gasteiger partial charge in [0.25, 0.3) is 5.56 Å². The van der Waals surface area contributed by atoms with Gasteiger partial charge in [0.05, 0.1) is 11.0 Å². The normalized spacial score (nSPS) is 37.8. The number of aliphatic carboxylic acids is 1. The van der Waals surface area contributed by atoms with E-state index in [1.54, 1.807) is 4.90 Å². The molecule has 2 saturated carbocycles. The quantitative estimate of drug-likeness (QED) is 0.642. The van der Waals surface area contributed by atoms with E-state index < -0.39 is 12.0 Å². The summed E-state index contributed by atoms with van der Waals surface area (Å²) in [6.07, 6.45) is 13.3. The lowest BCUT2D eigenvalue weighted by Gasteiger charge is -2.56. The van der Waals surface area contributed by atoms with E-state index in [0.29, 0.717) is 36.9 Å². The van der Waals surface area contributed by atoms with Gasteiger partial charge in [0.1, 0.15) is 6.04 Å². The lowest BCUT2D eigenvalue weighted by molar-refractivity contribution is -0.140. The van der Waals surface area contributed by atoms with E-state index in [2.05, 4.69) is 11.8 Å². The molecule has 5 aliphatic rings. The largest absolute Gasteiger partial charge is 0.480 e. The summed E-state index contributed by atoms with van der Waals surface area (Å²) in [6, 6.07) is 9.20. The molecule has 0 unspecified atom stereocenters. The van der Waals surface area contributed by atoms with Crippen LogP contribution in [-0.4, -0.2) is 56.2 Å². The summed E-state index contributed by atoms with van der Waals surface area (Å²) in [5.41, 5.74) is 1.57. The van der Waals surface area contributed by atoms with Gasteiger partial charge in [0.2, 0.25) is 0 Å². The molecule has 0 amide bonds. The Balaban J connectivity index is 1.22. The van der Waals surface area contributed by atoms with Crippen LogP contribution in [0.25, 0.3) is 11.0 Å². The molecular weight excluding hydrogens is 464 g/mol. The molecule has 0 spiro atoms. The number of fused-ring (bicyclic) bond motifs is 5. The van der Waals surface area contributed by atoms with Crippen LogP contribution in [0.4, 0.5) is 5.82 Å². The lowest BCUT2D eigenvalue weighted by atomic mass is 9.65. The van der Waals surface area contributed by atoms with Gasteiger partial charge in [-0.2, -0.15) is 0 Å². The Hall–Kier alpha value is -2.41. The topological polar surface area (TPSA) is 78.7 Å². The molecule has 37 heavy (non-hydrogen) atoms. The molecule has 8 atom stereocenters. The van der Waals surface area contributed by atoms with Crippen LogP contribution in [0.2, 0.25) is 0 Å². The number of benzene rings is 1. The number of carboxylic acid groups (broad SMARTS) is 1. The fourth-order valence-electron chi connectivity index (χ4n) is 9.18. The second-order valence-corrected chi connectivity index (χ2v) is 12.9. The van der Waals surface area contributed by atoms with Gasteiger partial charge in [0.15, 0.2) is 5.82 Å². The Kier molecular flexibility index (Phi) is 5.83. The Bertz CT molecular complexity index is 1230. The third-order valence-corrected chi connectivity index (χ3v) is 10.5. The molecule has 4 heterocycles. The summed E-state index contributed by atoms with van der Waals surface area (Å²) in [4.78, 5) is 35.1. The third-order valence-electron chi connectivity index (χ3n) is 10.5. The van der Waals surface area contributed by atoms with Gasteiger partial charge in [-0.25, -0.2) is 9.78 Å². The Labute approximate surface area is 218 Å². The maximum atomic E-state index is 14.0. The lowest BCUT2D eigenvalue weighted by Crippen LogP contribution is -2.59. The van der Waals surface area contributed by atoms with Gasteiger partial charge < -0.3 is 14.6 Å². The summed E-state index contributed by atoms with van der Waals surface area (Å²) in [5, 5.41) is 9.64. The van der Waals surface area contributed by atoms with Gasteiger partial charge in [-0.1, -0.05) is 25.5 Å². The van der Waals surface area contributed by atoms with Gasteiger partial charge in [-0.3, -0.25) is 9.69 Å². The highest BCUT2D eigenvalue weighted by Gasteiger charge is 2.46. The van der Waals surface area contributed by atoms with Crippen molar-refractivity contribution in [3.05, 3.63) is 34.6 Å². The van der Waals surface area contributed by atoms with Crippen molar-refractivity contribution in [2.45, 2.75) is 108 Å². The van der Waals surface area contributed by atoms with E-state index in [9.17, 15) is 14.7 Å². The first kappa shape index (κ1) is 23.7. The molecule has 0 radical (unpaired) electrons. The molecule has 3 aliphatic heterocycles. The van der Waals surface area contributed by atoms with E-state index in [1.807, 2.05) is 28.8 Å². The van der Waals surface area contributed by atoms with Crippen LogP contribution in [0.1, 0.15) is 83.6 Å². The molecule has 2 aromatic rings. The van der Waals surface area contributed by atoms with Crippen molar-refractivity contribution in [2.24, 2.45) is 17.8 Å². The number of nitrogens with zero attached hydrogens (tertiary/aromatic N) is 4. The molecule has 7 nitrogen and oxygen atoms in total. The van der Waals surface area contributed by atoms with Crippen molar-refractivity contribution in [3.63, 3.8) is 0 Å². The Morgan fingerprint density at radius 2 is 1.59 bits per heavy atom. The molecule has 3 saturated heterocycles. The Morgan fingerprint density at radius 1 is 0.892 bits per heavy atom. The van der Waals surface area contributed by atoms with Crippen LogP contribution in [-0.2, 0) is 4.79 Å². The first-order valence-corrected chi connectivity index (χ1v) is 14.7. The van der Waals surface area contributed by atoms with Crippen molar-refractivity contribution >= 4 is 22.8 Å². The average molecular weight is 505 g/mol. The monoisotopic (exact) mass is 504 g/mol. The van der Waals surface area contributed by atoms with E-state index >= 15 is 0 Å².